The first kappa shape index (κ1) is 18.5. The second-order valence-corrected chi connectivity index (χ2v) is 7.62. The number of rotatable bonds is 5. The van der Waals surface area contributed by atoms with Crippen LogP contribution in [0.2, 0.25) is 0 Å². The van der Waals surface area contributed by atoms with Gasteiger partial charge in [-0.15, -0.1) is 11.8 Å². The lowest BCUT2D eigenvalue weighted by molar-refractivity contribution is 0.0742. The smallest absolute Gasteiger partial charge is 0.255 e. The zero-order valence-electron chi connectivity index (χ0n) is 15.6. The molecule has 1 aromatic heterocycles. The molecule has 1 saturated heterocycles. The molecule has 0 radical (unpaired) electrons. The average molecular weight is 391 g/mol. The minimum absolute atomic E-state index is 0.102. The van der Waals surface area contributed by atoms with Crippen molar-refractivity contribution in [2.24, 2.45) is 0 Å². The van der Waals surface area contributed by atoms with Gasteiger partial charge < -0.3 is 9.80 Å². The minimum Gasteiger partial charge on any atom is -0.337 e. The predicted molar refractivity (Wildman–Crippen MR) is 113 cm³/mol. The molecule has 0 atom stereocenters. The molecule has 1 aliphatic heterocycles. The first-order valence-electron chi connectivity index (χ1n) is 9.38. The predicted octanol–water partition coefficient (Wildman–Crippen LogP) is 3.73. The van der Waals surface area contributed by atoms with Crippen molar-refractivity contribution >= 4 is 23.6 Å². The van der Waals surface area contributed by atoms with Crippen LogP contribution >= 0.6 is 11.8 Å². The molecule has 0 aliphatic carbocycles. The Hall–Kier alpha value is -2.86. The molecule has 0 unspecified atom stereocenters. The lowest BCUT2D eigenvalue weighted by Crippen LogP contribution is -2.49. The Bertz CT molecular complexity index is 912. The molecule has 0 N–H and O–H groups in total. The zero-order valence-corrected chi connectivity index (χ0v) is 16.4. The molecule has 6 heteroatoms. The van der Waals surface area contributed by atoms with Gasteiger partial charge in [-0.25, -0.2) is 9.97 Å². The van der Waals surface area contributed by atoms with Crippen LogP contribution in [0.15, 0.2) is 78.0 Å². The van der Waals surface area contributed by atoms with E-state index in [0.29, 0.717) is 13.1 Å². The van der Waals surface area contributed by atoms with Gasteiger partial charge in [-0.1, -0.05) is 42.5 Å². The van der Waals surface area contributed by atoms with Gasteiger partial charge in [0.1, 0.15) is 0 Å². The first-order valence-corrected chi connectivity index (χ1v) is 10.4. The van der Waals surface area contributed by atoms with Gasteiger partial charge in [0, 0.05) is 49.2 Å². The van der Waals surface area contributed by atoms with E-state index in [2.05, 4.69) is 27.0 Å². The number of nitrogens with zero attached hydrogens (tertiary/aromatic N) is 4. The number of aromatic nitrogens is 2. The van der Waals surface area contributed by atoms with Crippen molar-refractivity contribution < 1.29 is 4.79 Å². The van der Waals surface area contributed by atoms with Crippen LogP contribution < -0.4 is 4.90 Å². The van der Waals surface area contributed by atoms with E-state index in [1.807, 2.05) is 53.4 Å². The number of amides is 1. The summed E-state index contributed by atoms with van der Waals surface area (Å²) >= 11 is 1.71. The van der Waals surface area contributed by atoms with E-state index in [0.717, 1.165) is 35.2 Å². The highest BCUT2D eigenvalue weighted by Gasteiger charge is 2.24. The Kier molecular flexibility index (Phi) is 5.87. The summed E-state index contributed by atoms with van der Waals surface area (Å²) in [6.07, 6.45) is 3.50. The van der Waals surface area contributed by atoms with E-state index in [4.69, 9.17) is 0 Å². The van der Waals surface area contributed by atoms with Gasteiger partial charge >= 0.3 is 0 Å². The van der Waals surface area contributed by atoms with Crippen LogP contribution in [0.4, 0.5) is 5.95 Å². The van der Waals surface area contributed by atoms with Crippen molar-refractivity contribution in [1.82, 2.24) is 14.9 Å². The topological polar surface area (TPSA) is 49.3 Å². The average Bonchev–Trinajstić information content (AvgIpc) is 2.79. The third kappa shape index (κ3) is 4.34. The lowest BCUT2D eigenvalue weighted by atomic mass is 10.2. The summed E-state index contributed by atoms with van der Waals surface area (Å²) in [5, 5.41) is 0. The molecule has 5 nitrogen and oxygen atoms in total. The van der Waals surface area contributed by atoms with E-state index in [1.54, 1.807) is 24.2 Å². The standard InChI is InChI=1S/C22H22N4OS/c27-21(25-13-15-26(16-14-25)22-23-11-6-12-24-22)19-9-4-5-10-20(19)28-17-18-7-2-1-3-8-18/h1-12H,13-17H2. The van der Waals surface area contributed by atoms with Gasteiger partial charge in [0.05, 0.1) is 5.56 Å². The fourth-order valence-electron chi connectivity index (χ4n) is 3.24. The number of benzene rings is 2. The number of piperazine rings is 1. The van der Waals surface area contributed by atoms with Gasteiger partial charge in [0.2, 0.25) is 5.95 Å². The molecule has 2 heterocycles. The number of carbonyl (C=O) groups is 1. The SMILES string of the molecule is O=C(c1ccccc1SCc1ccccc1)N1CCN(c2ncccn2)CC1. The van der Waals surface area contributed by atoms with Crippen molar-refractivity contribution in [2.75, 3.05) is 31.1 Å². The molecule has 142 valence electrons. The first-order chi connectivity index (χ1) is 13.8. The molecule has 0 saturated carbocycles. The summed E-state index contributed by atoms with van der Waals surface area (Å²) < 4.78 is 0. The monoisotopic (exact) mass is 390 g/mol. The number of hydrogen-bond donors (Lipinski definition) is 0. The Morgan fingerprint density at radius 1 is 0.857 bits per heavy atom. The maximum Gasteiger partial charge on any atom is 0.255 e. The molecule has 0 spiro atoms. The van der Waals surface area contributed by atoms with Gasteiger partial charge in [0.15, 0.2) is 0 Å². The van der Waals surface area contributed by atoms with Crippen LogP contribution in [-0.4, -0.2) is 47.0 Å². The Balaban J connectivity index is 1.41. The van der Waals surface area contributed by atoms with Gasteiger partial charge in [-0.05, 0) is 23.8 Å². The van der Waals surface area contributed by atoms with Crippen LogP contribution in [-0.2, 0) is 5.75 Å². The highest BCUT2D eigenvalue weighted by molar-refractivity contribution is 7.98. The van der Waals surface area contributed by atoms with Crippen molar-refractivity contribution in [3.63, 3.8) is 0 Å². The van der Waals surface area contributed by atoms with Crippen LogP contribution in [0.25, 0.3) is 0 Å². The third-order valence-electron chi connectivity index (χ3n) is 4.76. The van der Waals surface area contributed by atoms with Crippen molar-refractivity contribution in [3.05, 3.63) is 84.2 Å². The van der Waals surface area contributed by atoms with Crippen LogP contribution in [0.3, 0.4) is 0 Å². The lowest BCUT2D eigenvalue weighted by Gasteiger charge is -2.35. The third-order valence-corrected chi connectivity index (χ3v) is 5.90. The summed E-state index contributed by atoms with van der Waals surface area (Å²) in [6.45, 7) is 2.84. The van der Waals surface area contributed by atoms with Gasteiger partial charge in [-0.2, -0.15) is 0 Å². The molecule has 1 aliphatic rings. The molecule has 0 bridgehead atoms. The summed E-state index contributed by atoms with van der Waals surface area (Å²) in [5.74, 6) is 1.68. The summed E-state index contributed by atoms with van der Waals surface area (Å²) in [7, 11) is 0. The molecular weight excluding hydrogens is 368 g/mol. The molecule has 1 fully saturated rings. The van der Waals surface area contributed by atoms with Crippen molar-refractivity contribution in [2.45, 2.75) is 10.6 Å². The highest BCUT2D eigenvalue weighted by Crippen LogP contribution is 2.27. The quantitative estimate of drug-likeness (QED) is 0.621. The largest absolute Gasteiger partial charge is 0.337 e. The number of hydrogen-bond acceptors (Lipinski definition) is 5. The molecular formula is C22H22N4OS. The summed E-state index contributed by atoms with van der Waals surface area (Å²) in [5.41, 5.74) is 2.04. The van der Waals surface area contributed by atoms with Crippen molar-refractivity contribution in [3.8, 4) is 0 Å². The van der Waals surface area contributed by atoms with Gasteiger partial charge in [-0.3, -0.25) is 4.79 Å². The second kappa shape index (κ2) is 8.89. The molecule has 2 aromatic carbocycles. The molecule has 28 heavy (non-hydrogen) atoms. The maximum absolute atomic E-state index is 13.1. The second-order valence-electron chi connectivity index (χ2n) is 6.60. The van der Waals surface area contributed by atoms with Gasteiger partial charge in [0.25, 0.3) is 5.91 Å². The Morgan fingerprint density at radius 2 is 1.54 bits per heavy atom. The van der Waals surface area contributed by atoms with E-state index in [1.165, 1.54) is 5.56 Å². The number of anilines is 1. The fraction of sp³-hybridized carbons (Fsp3) is 0.227. The molecule has 4 rings (SSSR count). The Labute approximate surface area is 169 Å². The van der Waals surface area contributed by atoms with E-state index in [-0.39, 0.29) is 5.91 Å². The van der Waals surface area contributed by atoms with Crippen LogP contribution in [0.5, 0.6) is 0 Å². The number of carbonyl (C=O) groups excluding carboxylic acids is 1. The molecule has 1 amide bonds. The fourth-order valence-corrected chi connectivity index (χ4v) is 4.24. The Morgan fingerprint density at radius 3 is 2.29 bits per heavy atom. The van der Waals surface area contributed by atoms with Crippen LogP contribution in [0.1, 0.15) is 15.9 Å². The summed E-state index contributed by atoms with van der Waals surface area (Å²) in [6, 6.07) is 20.1. The minimum atomic E-state index is 0.102. The normalized spacial score (nSPS) is 14.1. The molecule has 3 aromatic rings. The maximum atomic E-state index is 13.1. The van der Waals surface area contributed by atoms with E-state index in [9.17, 15) is 4.79 Å². The van der Waals surface area contributed by atoms with E-state index >= 15 is 0 Å². The summed E-state index contributed by atoms with van der Waals surface area (Å²) in [4.78, 5) is 26.8. The van der Waals surface area contributed by atoms with Crippen molar-refractivity contribution in [1.29, 1.82) is 0 Å². The number of thioether (sulfide) groups is 1. The zero-order chi connectivity index (χ0) is 19.2. The van der Waals surface area contributed by atoms with Crippen LogP contribution in [0, 0.1) is 0 Å². The highest BCUT2D eigenvalue weighted by atomic mass is 32.2. The van der Waals surface area contributed by atoms with E-state index < -0.39 is 0 Å².